The molecule has 0 aliphatic rings. The lowest BCUT2D eigenvalue weighted by Gasteiger charge is -2.01. The van der Waals surface area contributed by atoms with Crippen molar-refractivity contribution in [2.75, 3.05) is 0 Å². The largest absolute Gasteiger partial charge is 0.264 e. The molecule has 0 unspecified atom stereocenters. The summed E-state index contributed by atoms with van der Waals surface area (Å²) in [5.74, 6) is 2.10. The number of rotatable bonds is 4. The maximum atomic E-state index is 4.10. The number of benzene rings is 1. The third kappa shape index (κ3) is 3.40. The molecule has 0 N–H and O–H groups in total. The molecule has 1 heterocycles. The third-order valence-corrected chi connectivity index (χ3v) is 3.18. The van der Waals surface area contributed by atoms with Gasteiger partial charge in [0.15, 0.2) is 0 Å². The fourth-order valence-electron chi connectivity index (χ4n) is 1.34. The lowest BCUT2D eigenvalue weighted by Crippen LogP contribution is -1.83. The summed E-state index contributed by atoms with van der Waals surface area (Å²) in [6.45, 7) is 0. The highest BCUT2D eigenvalue weighted by Gasteiger charge is 1.94. The van der Waals surface area contributed by atoms with Crippen LogP contribution < -0.4 is 0 Å². The van der Waals surface area contributed by atoms with Crippen molar-refractivity contribution in [3.8, 4) is 0 Å². The summed E-state index contributed by atoms with van der Waals surface area (Å²) < 4.78 is 0. The van der Waals surface area contributed by atoms with Crippen LogP contribution in [0.4, 0.5) is 0 Å². The molecule has 0 saturated heterocycles. The Balaban J connectivity index is 1.81. The second-order valence-electron chi connectivity index (χ2n) is 3.34. The van der Waals surface area contributed by atoms with Crippen LogP contribution >= 0.6 is 11.8 Å². The van der Waals surface area contributed by atoms with Crippen LogP contribution in [-0.4, -0.2) is 4.98 Å². The van der Waals surface area contributed by atoms with Crippen LogP contribution in [0.15, 0.2) is 54.9 Å². The predicted octanol–water partition coefficient (Wildman–Crippen LogP) is 3.52. The van der Waals surface area contributed by atoms with Gasteiger partial charge < -0.3 is 0 Å². The molecule has 0 radical (unpaired) electrons. The maximum Gasteiger partial charge on any atom is 0.0308 e. The van der Waals surface area contributed by atoms with Crippen molar-refractivity contribution in [3.05, 3.63) is 66.0 Å². The van der Waals surface area contributed by atoms with Crippen molar-refractivity contribution in [3.63, 3.8) is 0 Å². The zero-order chi connectivity index (χ0) is 10.3. The van der Waals surface area contributed by atoms with Gasteiger partial charge in [-0.05, 0) is 17.2 Å². The van der Waals surface area contributed by atoms with Gasteiger partial charge in [0.2, 0.25) is 0 Å². The molecule has 0 atom stereocenters. The van der Waals surface area contributed by atoms with Gasteiger partial charge in [0.25, 0.3) is 0 Å². The van der Waals surface area contributed by atoms with E-state index in [-0.39, 0.29) is 0 Å². The Hall–Kier alpha value is -1.28. The molecule has 0 bridgehead atoms. The normalized spacial score (nSPS) is 10.1. The summed E-state index contributed by atoms with van der Waals surface area (Å²) in [5.41, 5.74) is 2.67. The molecule has 2 heteroatoms. The SMILES string of the molecule is c1ccc(CSCc2cccnc2)cc1. The topological polar surface area (TPSA) is 12.9 Å². The monoisotopic (exact) mass is 215 g/mol. The number of pyridine rings is 1. The van der Waals surface area contributed by atoms with E-state index in [9.17, 15) is 0 Å². The molecular weight excluding hydrogens is 202 g/mol. The molecule has 0 aliphatic heterocycles. The van der Waals surface area contributed by atoms with Gasteiger partial charge in [0.05, 0.1) is 0 Å². The number of hydrogen-bond donors (Lipinski definition) is 0. The van der Waals surface area contributed by atoms with E-state index in [2.05, 4.69) is 41.4 Å². The summed E-state index contributed by atoms with van der Waals surface area (Å²) in [7, 11) is 0. The van der Waals surface area contributed by atoms with E-state index in [1.807, 2.05) is 30.2 Å². The summed E-state index contributed by atoms with van der Waals surface area (Å²) in [5, 5.41) is 0. The minimum atomic E-state index is 1.03. The summed E-state index contributed by atoms with van der Waals surface area (Å²) in [6.07, 6.45) is 3.74. The van der Waals surface area contributed by atoms with Crippen molar-refractivity contribution in [1.29, 1.82) is 0 Å². The van der Waals surface area contributed by atoms with E-state index in [0.29, 0.717) is 0 Å². The van der Waals surface area contributed by atoms with Crippen molar-refractivity contribution in [2.24, 2.45) is 0 Å². The van der Waals surface area contributed by atoms with Crippen molar-refractivity contribution in [2.45, 2.75) is 11.5 Å². The molecule has 0 spiro atoms. The molecule has 15 heavy (non-hydrogen) atoms. The average Bonchev–Trinajstić information content (AvgIpc) is 2.32. The highest BCUT2D eigenvalue weighted by molar-refractivity contribution is 7.97. The Kier molecular flexibility index (Phi) is 3.80. The quantitative estimate of drug-likeness (QED) is 0.774. The minimum Gasteiger partial charge on any atom is -0.264 e. The molecule has 0 saturated carbocycles. The molecule has 1 aromatic carbocycles. The predicted molar refractivity (Wildman–Crippen MR) is 65.7 cm³/mol. The van der Waals surface area contributed by atoms with E-state index in [1.54, 1.807) is 0 Å². The van der Waals surface area contributed by atoms with E-state index in [4.69, 9.17) is 0 Å². The lowest BCUT2D eigenvalue weighted by molar-refractivity contribution is 1.25. The first-order valence-electron chi connectivity index (χ1n) is 4.96. The molecule has 0 fully saturated rings. The van der Waals surface area contributed by atoms with Crippen molar-refractivity contribution in [1.82, 2.24) is 4.98 Å². The van der Waals surface area contributed by atoms with E-state index >= 15 is 0 Å². The van der Waals surface area contributed by atoms with E-state index in [0.717, 1.165) is 11.5 Å². The van der Waals surface area contributed by atoms with Gasteiger partial charge in [-0.1, -0.05) is 36.4 Å². The van der Waals surface area contributed by atoms with E-state index < -0.39 is 0 Å². The summed E-state index contributed by atoms with van der Waals surface area (Å²) >= 11 is 1.92. The van der Waals surface area contributed by atoms with Gasteiger partial charge >= 0.3 is 0 Å². The smallest absolute Gasteiger partial charge is 0.0308 e. The molecule has 2 aromatic rings. The van der Waals surface area contributed by atoms with Crippen molar-refractivity contribution >= 4 is 11.8 Å². The van der Waals surface area contributed by atoms with Crippen molar-refractivity contribution < 1.29 is 0 Å². The van der Waals surface area contributed by atoms with Crippen LogP contribution in [0, 0.1) is 0 Å². The molecule has 0 aliphatic carbocycles. The Labute approximate surface area is 94.6 Å². The molecule has 2 rings (SSSR count). The first-order chi connectivity index (χ1) is 7.45. The number of hydrogen-bond acceptors (Lipinski definition) is 2. The zero-order valence-corrected chi connectivity index (χ0v) is 9.28. The standard InChI is InChI=1S/C13H13NS/c1-2-5-12(6-3-1)10-15-11-13-7-4-8-14-9-13/h1-9H,10-11H2. The van der Waals surface area contributed by atoms with Gasteiger partial charge in [0.1, 0.15) is 0 Å². The van der Waals surface area contributed by atoms with Crippen LogP contribution in [0.2, 0.25) is 0 Å². The first-order valence-corrected chi connectivity index (χ1v) is 6.11. The van der Waals surface area contributed by atoms with Gasteiger partial charge in [-0.2, -0.15) is 11.8 Å². The fraction of sp³-hybridized carbons (Fsp3) is 0.154. The highest BCUT2D eigenvalue weighted by Crippen LogP contribution is 2.16. The van der Waals surface area contributed by atoms with Crippen LogP contribution in [0.3, 0.4) is 0 Å². The van der Waals surface area contributed by atoms with E-state index in [1.165, 1.54) is 11.1 Å². The fourth-order valence-corrected chi connectivity index (χ4v) is 2.28. The maximum absolute atomic E-state index is 4.10. The van der Waals surface area contributed by atoms with Gasteiger partial charge in [-0.25, -0.2) is 0 Å². The molecule has 76 valence electrons. The number of nitrogens with zero attached hydrogens (tertiary/aromatic N) is 1. The highest BCUT2D eigenvalue weighted by atomic mass is 32.2. The average molecular weight is 215 g/mol. The lowest BCUT2D eigenvalue weighted by atomic mass is 10.2. The second kappa shape index (κ2) is 5.56. The van der Waals surface area contributed by atoms with Crippen LogP contribution in [0.1, 0.15) is 11.1 Å². The van der Waals surface area contributed by atoms with Crippen LogP contribution in [-0.2, 0) is 11.5 Å². The van der Waals surface area contributed by atoms with Crippen LogP contribution in [0.25, 0.3) is 0 Å². The third-order valence-electron chi connectivity index (χ3n) is 2.10. The first kappa shape index (κ1) is 10.2. The Morgan fingerprint density at radius 3 is 2.33 bits per heavy atom. The Morgan fingerprint density at radius 2 is 1.60 bits per heavy atom. The summed E-state index contributed by atoms with van der Waals surface area (Å²) in [6, 6.07) is 14.6. The Morgan fingerprint density at radius 1 is 0.867 bits per heavy atom. The summed E-state index contributed by atoms with van der Waals surface area (Å²) in [4.78, 5) is 4.10. The minimum absolute atomic E-state index is 1.03. The second-order valence-corrected chi connectivity index (χ2v) is 4.33. The van der Waals surface area contributed by atoms with Gasteiger partial charge in [-0.15, -0.1) is 0 Å². The zero-order valence-electron chi connectivity index (χ0n) is 8.47. The Bertz CT molecular complexity index is 346. The van der Waals surface area contributed by atoms with Crippen LogP contribution in [0.5, 0.6) is 0 Å². The molecule has 1 nitrogen and oxygen atoms in total. The molecular formula is C13H13NS. The molecule has 1 aromatic heterocycles. The molecule has 0 amide bonds. The van der Waals surface area contributed by atoms with Gasteiger partial charge in [0, 0.05) is 23.9 Å². The number of aromatic nitrogens is 1. The van der Waals surface area contributed by atoms with Gasteiger partial charge in [-0.3, -0.25) is 4.98 Å². The number of thioether (sulfide) groups is 1.